The summed E-state index contributed by atoms with van der Waals surface area (Å²) in [5.41, 5.74) is 3.02. The van der Waals surface area contributed by atoms with E-state index in [4.69, 9.17) is 0 Å². The zero-order valence-corrected chi connectivity index (χ0v) is 12.5. The third-order valence-electron chi connectivity index (χ3n) is 3.41. The number of hydrogen-bond donors (Lipinski definition) is 1. The van der Waals surface area contributed by atoms with Gasteiger partial charge in [0.05, 0.1) is 18.0 Å². The fourth-order valence-electron chi connectivity index (χ4n) is 2.28. The number of benzene rings is 1. The number of rotatable bonds is 6. The van der Waals surface area contributed by atoms with Gasteiger partial charge in [0.25, 0.3) is 0 Å². The quantitative estimate of drug-likeness (QED) is 0.887. The van der Waals surface area contributed by atoms with Crippen LogP contribution in [-0.2, 0) is 6.54 Å². The lowest BCUT2D eigenvalue weighted by Gasteiger charge is -2.19. The van der Waals surface area contributed by atoms with Gasteiger partial charge in [0, 0.05) is 13.1 Å². The zero-order valence-electron chi connectivity index (χ0n) is 12.5. The van der Waals surface area contributed by atoms with Gasteiger partial charge in [-0.05, 0) is 38.1 Å². The molecule has 0 spiro atoms. The highest BCUT2D eigenvalue weighted by atomic mass is 19.1. The standard InChI is InChI=1S/C17H21FN2O/c1-13-4-3-5-14(10-13)12-20(2)9-8-17(21)16-7-6-15(18)11-19-16/h3-7,10-11,17,21H,8-9,12H2,1-2H3. The molecule has 2 rings (SSSR count). The SMILES string of the molecule is Cc1cccc(CN(C)CCC(O)c2ccc(F)cn2)c1. The van der Waals surface area contributed by atoms with Crippen molar-refractivity contribution in [2.75, 3.05) is 13.6 Å². The molecule has 21 heavy (non-hydrogen) atoms. The minimum absolute atomic E-state index is 0.387. The number of aliphatic hydroxyl groups is 1. The van der Waals surface area contributed by atoms with Gasteiger partial charge in [0.15, 0.2) is 0 Å². The molecule has 112 valence electrons. The van der Waals surface area contributed by atoms with E-state index < -0.39 is 6.10 Å². The number of aryl methyl sites for hydroxylation is 1. The molecule has 1 aromatic heterocycles. The van der Waals surface area contributed by atoms with Crippen LogP contribution in [0.15, 0.2) is 42.6 Å². The minimum Gasteiger partial charge on any atom is -0.387 e. The fourth-order valence-corrected chi connectivity index (χ4v) is 2.28. The van der Waals surface area contributed by atoms with Crippen LogP contribution in [0.3, 0.4) is 0 Å². The summed E-state index contributed by atoms with van der Waals surface area (Å²) in [6, 6.07) is 11.2. The molecule has 0 bridgehead atoms. The molecule has 1 N–H and O–H groups in total. The molecule has 0 aliphatic carbocycles. The van der Waals surface area contributed by atoms with E-state index in [1.807, 2.05) is 7.05 Å². The van der Waals surface area contributed by atoms with Crippen molar-refractivity contribution in [3.8, 4) is 0 Å². The molecule has 0 amide bonds. The zero-order chi connectivity index (χ0) is 15.2. The van der Waals surface area contributed by atoms with Crippen LogP contribution in [0.4, 0.5) is 4.39 Å². The van der Waals surface area contributed by atoms with Crippen molar-refractivity contribution in [3.05, 3.63) is 65.2 Å². The van der Waals surface area contributed by atoms with Crippen molar-refractivity contribution in [3.63, 3.8) is 0 Å². The Morgan fingerprint density at radius 2 is 2.10 bits per heavy atom. The lowest BCUT2D eigenvalue weighted by atomic mass is 10.1. The Balaban J connectivity index is 1.83. The summed E-state index contributed by atoms with van der Waals surface area (Å²) < 4.78 is 12.8. The normalized spacial score (nSPS) is 12.6. The maximum Gasteiger partial charge on any atom is 0.141 e. The van der Waals surface area contributed by atoms with Crippen LogP contribution in [-0.4, -0.2) is 28.6 Å². The second kappa shape index (κ2) is 7.29. The number of hydrogen-bond acceptors (Lipinski definition) is 3. The van der Waals surface area contributed by atoms with Gasteiger partial charge in [-0.15, -0.1) is 0 Å². The molecular formula is C17H21FN2O. The summed E-state index contributed by atoms with van der Waals surface area (Å²) in [4.78, 5) is 6.06. The Morgan fingerprint density at radius 1 is 1.29 bits per heavy atom. The lowest BCUT2D eigenvalue weighted by Crippen LogP contribution is -2.21. The van der Waals surface area contributed by atoms with Gasteiger partial charge in [-0.3, -0.25) is 4.98 Å². The van der Waals surface area contributed by atoms with Crippen molar-refractivity contribution in [1.29, 1.82) is 0 Å². The van der Waals surface area contributed by atoms with E-state index in [9.17, 15) is 9.50 Å². The molecule has 0 fully saturated rings. The van der Waals surface area contributed by atoms with Gasteiger partial charge >= 0.3 is 0 Å². The second-order valence-corrected chi connectivity index (χ2v) is 5.43. The van der Waals surface area contributed by atoms with Gasteiger partial charge in [-0.25, -0.2) is 4.39 Å². The third-order valence-corrected chi connectivity index (χ3v) is 3.41. The summed E-state index contributed by atoms with van der Waals surface area (Å²) in [6.45, 7) is 3.66. The first-order valence-corrected chi connectivity index (χ1v) is 7.08. The van der Waals surface area contributed by atoms with E-state index in [-0.39, 0.29) is 5.82 Å². The largest absolute Gasteiger partial charge is 0.387 e. The van der Waals surface area contributed by atoms with Gasteiger partial charge in [0.2, 0.25) is 0 Å². The molecule has 0 radical (unpaired) electrons. The molecule has 2 aromatic rings. The average Bonchev–Trinajstić information content (AvgIpc) is 2.45. The summed E-state index contributed by atoms with van der Waals surface area (Å²) >= 11 is 0. The second-order valence-electron chi connectivity index (χ2n) is 5.43. The Kier molecular flexibility index (Phi) is 5.42. The van der Waals surface area contributed by atoms with Crippen LogP contribution in [0.25, 0.3) is 0 Å². The number of aromatic nitrogens is 1. The molecule has 0 aliphatic rings. The molecule has 1 unspecified atom stereocenters. The van der Waals surface area contributed by atoms with Gasteiger partial charge in [0.1, 0.15) is 5.82 Å². The fraction of sp³-hybridized carbons (Fsp3) is 0.353. The van der Waals surface area contributed by atoms with Crippen molar-refractivity contribution < 1.29 is 9.50 Å². The average molecular weight is 288 g/mol. The molecule has 1 atom stereocenters. The molecule has 1 aromatic carbocycles. The number of nitrogens with zero attached hydrogens (tertiary/aromatic N) is 2. The third kappa shape index (κ3) is 4.92. The Hall–Kier alpha value is -1.78. The van der Waals surface area contributed by atoms with E-state index in [1.54, 1.807) is 0 Å². The first-order chi connectivity index (χ1) is 10.0. The smallest absolute Gasteiger partial charge is 0.141 e. The predicted molar refractivity (Wildman–Crippen MR) is 81.3 cm³/mol. The predicted octanol–water partition coefficient (Wildman–Crippen LogP) is 3.08. The molecular weight excluding hydrogens is 267 g/mol. The molecule has 0 saturated heterocycles. The van der Waals surface area contributed by atoms with Gasteiger partial charge in [-0.2, -0.15) is 0 Å². The Labute approximate surface area is 125 Å². The maximum atomic E-state index is 12.8. The van der Waals surface area contributed by atoms with Gasteiger partial charge in [-0.1, -0.05) is 29.8 Å². The number of halogens is 1. The van der Waals surface area contributed by atoms with Crippen LogP contribution in [0.5, 0.6) is 0 Å². The minimum atomic E-state index is -0.662. The number of pyridine rings is 1. The van der Waals surface area contributed by atoms with Crippen molar-refractivity contribution in [2.24, 2.45) is 0 Å². The Bertz CT molecular complexity index is 571. The lowest BCUT2D eigenvalue weighted by molar-refractivity contribution is 0.143. The molecule has 4 heteroatoms. The van der Waals surface area contributed by atoms with Crippen LogP contribution < -0.4 is 0 Å². The molecule has 1 heterocycles. The van der Waals surface area contributed by atoms with Crippen molar-refractivity contribution in [2.45, 2.75) is 26.0 Å². The van der Waals surface area contributed by atoms with Crippen LogP contribution in [0, 0.1) is 12.7 Å². The van der Waals surface area contributed by atoms with Crippen LogP contribution >= 0.6 is 0 Å². The number of aliphatic hydroxyl groups excluding tert-OH is 1. The summed E-state index contributed by atoms with van der Waals surface area (Å²) in [5.74, 6) is -0.387. The first-order valence-electron chi connectivity index (χ1n) is 7.08. The summed E-state index contributed by atoms with van der Waals surface area (Å²) in [6.07, 6.45) is 1.04. The highest BCUT2D eigenvalue weighted by Gasteiger charge is 2.10. The Morgan fingerprint density at radius 3 is 2.76 bits per heavy atom. The first kappa shape index (κ1) is 15.6. The van der Waals surface area contributed by atoms with Crippen molar-refractivity contribution in [1.82, 2.24) is 9.88 Å². The molecule has 3 nitrogen and oxygen atoms in total. The van der Waals surface area contributed by atoms with Crippen LogP contribution in [0.1, 0.15) is 29.3 Å². The maximum absolute atomic E-state index is 12.8. The van der Waals surface area contributed by atoms with E-state index in [0.29, 0.717) is 12.1 Å². The monoisotopic (exact) mass is 288 g/mol. The van der Waals surface area contributed by atoms with E-state index in [0.717, 1.165) is 19.3 Å². The molecule has 0 saturated carbocycles. The van der Waals surface area contributed by atoms with Gasteiger partial charge < -0.3 is 10.0 Å². The highest BCUT2D eigenvalue weighted by molar-refractivity contribution is 5.22. The molecule has 0 aliphatic heterocycles. The summed E-state index contributed by atoms with van der Waals surface area (Å²) in [5, 5.41) is 10.1. The summed E-state index contributed by atoms with van der Waals surface area (Å²) in [7, 11) is 2.02. The van der Waals surface area contributed by atoms with E-state index >= 15 is 0 Å². The van der Waals surface area contributed by atoms with E-state index in [2.05, 4.69) is 41.1 Å². The van der Waals surface area contributed by atoms with Crippen LogP contribution in [0.2, 0.25) is 0 Å². The topological polar surface area (TPSA) is 36.4 Å². The van der Waals surface area contributed by atoms with E-state index in [1.165, 1.54) is 23.3 Å². The van der Waals surface area contributed by atoms with Crippen molar-refractivity contribution >= 4 is 0 Å². The highest BCUT2D eigenvalue weighted by Crippen LogP contribution is 2.15.